The molecule has 0 aliphatic heterocycles. The number of alkyl halides is 1. The van der Waals surface area contributed by atoms with E-state index in [0.29, 0.717) is 34.7 Å². The number of rotatable bonds is 6. The van der Waals surface area contributed by atoms with Gasteiger partial charge >= 0.3 is 0 Å². The number of nitrogens with zero attached hydrogens (tertiary/aromatic N) is 1. The fourth-order valence-corrected chi connectivity index (χ4v) is 2.16. The van der Waals surface area contributed by atoms with Crippen molar-refractivity contribution in [1.29, 1.82) is 0 Å². The first-order valence-corrected chi connectivity index (χ1v) is 6.82. The van der Waals surface area contributed by atoms with E-state index in [2.05, 4.69) is 15.9 Å². The van der Waals surface area contributed by atoms with Crippen LogP contribution in [0.5, 0.6) is 17.2 Å². The van der Waals surface area contributed by atoms with Gasteiger partial charge in [-0.2, -0.15) is 0 Å². The van der Waals surface area contributed by atoms with Gasteiger partial charge in [0.1, 0.15) is 5.75 Å². The van der Waals surface area contributed by atoms with E-state index in [1.807, 2.05) is 0 Å². The summed E-state index contributed by atoms with van der Waals surface area (Å²) in [7, 11) is 6.32. The molecular weight excluding hydrogens is 314 g/mol. The lowest BCUT2D eigenvalue weighted by Gasteiger charge is -2.19. The van der Waals surface area contributed by atoms with Crippen molar-refractivity contribution in [2.75, 3.05) is 40.3 Å². The van der Waals surface area contributed by atoms with Crippen molar-refractivity contribution in [1.82, 2.24) is 4.90 Å². The molecule has 1 aromatic carbocycles. The molecule has 0 saturated carbocycles. The third kappa shape index (κ3) is 3.53. The van der Waals surface area contributed by atoms with Crippen LogP contribution in [-0.4, -0.2) is 51.1 Å². The Labute approximate surface area is 121 Å². The van der Waals surface area contributed by atoms with E-state index in [1.165, 1.54) is 21.3 Å². The molecule has 0 aromatic heterocycles. The number of hydrogen-bond donors (Lipinski definition) is 0. The van der Waals surface area contributed by atoms with E-state index in [4.69, 9.17) is 14.2 Å². The fourth-order valence-electron chi connectivity index (χ4n) is 1.63. The van der Waals surface area contributed by atoms with Crippen molar-refractivity contribution in [3.63, 3.8) is 0 Å². The summed E-state index contributed by atoms with van der Waals surface area (Å²) in [5.74, 6) is 1.36. The SMILES string of the molecule is COc1cc(OC)c(C(=O)N(C)CCBr)cc1OC. The summed E-state index contributed by atoms with van der Waals surface area (Å²) in [6, 6.07) is 3.28. The van der Waals surface area contributed by atoms with Crippen LogP contribution in [-0.2, 0) is 0 Å². The van der Waals surface area contributed by atoms with Gasteiger partial charge in [0.2, 0.25) is 0 Å². The number of ether oxygens (including phenoxy) is 3. The molecule has 0 bridgehead atoms. The molecule has 0 heterocycles. The zero-order valence-electron chi connectivity index (χ0n) is 11.5. The molecule has 1 amide bonds. The number of hydrogen-bond acceptors (Lipinski definition) is 4. The quantitative estimate of drug-likeness (QED) is 0.749. The molecule has 0 fully saturated rings. The minimum absolute atomic E-state index is 0.128. The Morgan fingerprint density at radius 2 is 1.63 bits per heavy atom. The highest BCUT2D eigenvalue weighted by molar-refractivity contribution is 9.09. The lowest BCUT2D eigenvalue weighted by Crippen LogP contribution is -2.28. The van der Waals surface area contributed by atoms with Gasteiger partial charge < -0.3 is 19.1 Å². The van der Waals surface area contributed by atoms with Crippen LogP contribution in [0.3, 0.4) is 0 Å². The molecule has 0 atom stereocenters. The third-order valence-electron chi connectivity index (χ3n) is 2.70. The predicted molar refractivity (Wildman–Crippen MR) is 76.9 cm³/mol. The van der Waals surface area contributed by atoms with Crippen LogP contribution < -0.4 is 14.2 Å². The Balaban J connectivity index is 3.21. The fraction of sp³-hybridized carbons (Fsp3) is 0.462. The summed E-state index contributed by atoms with van der Waals surface area (Å²) in [5.41, 5.74) is 0.448. The molecule has 106 valence electrons. The molecule has 0 radical (unpaired) electrons. The van der Waals surface area contributed by atoms with Crippen LogP contribution in [0, 0.1) is 0 Å². The van der Waals surface area contributed by atoms with Crippen LogP contribution in [0.15, 0.2) is 12.1 Å². The van der Waals surface area contributed by atoms with Gasteiger partial charge in [-0.1, -0.05) is 15.9 Å². The maximum atomic E-state index is 12.3. The molecule has 0 aliphatic rings. The van der Waals surface area contributed by atoms with Gasteiger partial charge in [0, 0.05) is 31.1 Å². The molecule has 0 unspecified atom stereocenters. The summed E-state index contributed by atoms with van der Waals surface area (Å²) in [5, 5.41) is 0.713. The second-order valence-corrected chi connectivity index (χ2v) is 4.62. The molecule has 1 rings (SSSR count). The van der Waals surface area contributed by atoms with E-state index in [0.717, 1.165) is 0 Å². The van der Waals surface area contributed by atoms with Crippen LogP contribution in [0.25, 0.3) is 0 Å². The number of amides is 1. The number of carbonyl (C=O) groups excluding carboxylic acids is 1. The largest absolute Gasteiger partial charge is 0.496 e. The monoisotopic (exact) mass is 331 g/mol. The molecule has 6 heteroatoms. The summed E-state index contributed by atoms with van der Waals surface area (Å²) < 4.78 is 15.6. The summed E-state index contributed by atoms with van der Waals surface area (Å²) in [6.45, 7) is 0.607. The van der Waals surface area contributed by atoms with Crippen molar-refractivity contribution in [3.05, 3.63) is 17.7 Å². The highest BCUT2D eigenvalue weighted by atomic mass is 79.9. The van der Waals surface area contributed by atoms with Crippen molar-refractivity contribution < 1.29 is 19.0 Å². The molecular formula is C13H18BrNO4. The van der Waals surface area contributed by atoms with Gasteiger partial charge in [-0.25, -0.2) is 0 Å². The zero-order valence-corrected chi connectivity index (χ0v) is 13.1. The molecule has 5 nitrogen and oxygen atoms in total. The van der Waals surface area contributed by atoms with E-state index in [9.17, 15) is 4.79 Å². The van der Waals surface area contributed by atoms with E-state index in [-0.39, 0.29) is 5.91 Å². The van der Waals surface area contributed by atoms with Gasteiger partial charge in [-0.15, -0.1) is 0 Å². The number of benzene rings is 1. The van der Waals surface area contributed by atoms with Crippen LogP contribution in [0.4, 0.5) is 0 Å². The first-order chi connectivity index (χ1) is 9.08. The number of carbonyl (C=O) groups is 1. The zero-order chi connectivity index (χ0) is 14.4. The first-order valence-electron chi connectivity index (χ1n) is 5.70. The van der Waals surface area contributed by atoms with Gasteiger partial charge in [0.05, 0.1) is 26.9 Å². The second kappa shape index (κ2) is 7.23. The maximum Gasteiger partial charge on any atom is 0.257 e. The van der Waals surface area contributed by atoms with Crippen molar-refractivity contribution in [3.8, 4) is 17.2 Å². The van der Waals surface area contributed by atoms with Gasteiger partial charge in [-0.05, 0) is 0 Å². The molecule has 0 N–H and O–H groups in total. The average molecular weight is 332 g/mol. The van der Waals surface area contributed by atoms with E-state index >= 15 is 0 Å². The lowest BCUT2D eigenvalue weighted by atomic mass is 10.1. The highest BCUT2D eigenvalue weighted by Gasteiger charge is 2.20. The Bertz CT molecular complexity index is 451. The van der Waals surface area contributed by atoms with E-state index < -0.39 is 0 Å². The molecule has 0 saturated heterocycles. The van der Waals surface area contributed by atoms with Crippen molar-refractivity contribution >= 4 is 21.8 Å². The standard InChI is InChI=1S/C13H18BrNO4/c1-15(6-5-14)13(16)9-7-11(18-3)12(19-4)8-10(9)17-2/h7-8H,5-6H2,1-4H3. The molecule has 1 aromatic rings. The highest BCUT2D eigenvalue weighted by Crippen LogP contribution is 2.35. The van der Waals surface area contributed by atoms with Crippen molar-refractivity contribution in [2.24, 2.45) is 0 Å². The second-order valence-electron chi connectivity index (χ2n) is 3.82. The summed E-state index contributed by atoms with van der Waals surface area (Å²) in [6.07, 6.45) is 0. The first kappa shape index (κ1) is 15.6. The van der Waals surface area contributed by atoms with Crippen LogP contribution in [0.2, 0.25) is 0 Å². The smallest absolute Gasteiger partial charge is 0.257 e. The van der Waals surface area contributed by atoms with Gasteiger partial charge in [0.15, 0.2) is 11.5 Å². The minimum atomic E-state index is -0.128. The van der Waals surface area contributed by atoms with E-state index in [1.54, 1.807) is 24.1 Å². The Morgan fingerprint density at radius 3 is 2.11 bits per heavy atom. The predicted octanol–water partition coefficient (Wildman–Crippen LogP) is 2.18. The van der Waals surface area contributed by atoms with Crippen LogP contribution >= 0.6 is 15.9 Å². The maximum absolute atomic E-state index is 12.3. The Hall–Kier alpha value is -1.43. The van der Waals surface area contributed by atoms with Gasteiger partial charge in [-0.3, -0.25) is 4.79 Å². The third-order valence-corrected chi connectivity index (χ3v) is 3.06. The molecule has 0 spiro atoms. The molecule has 19 heavy (non-hydrogen) atoms. The minimum Gasteiger partial charge on any atom is -0.496 e. The lowest BCUT2D eigenvalue weighted by molar-refractivity contribution is 0.0800. The topological polar surface area (TPSA) is 48.0 Å². The average Bonchev–Trinajstić information content (AvgIpc) is 2.45. The number of methoxy groups -OCH3 is 3. The summed E-state index contributed by atoms with van der Waals surface area (Å²) >= 11 is 3.31. The molecule has 0 aliphatic carbocycles. The number of halogens is 1. The van der Waals surface area contributed by atoms with Crippen LogP contribution in [0.1, 0.15) is 10.4 Å². The van der Waals surface area contributed by atoms with Gasteiger partial charge in [0.25, 0.3) is 5.91 Å². The summed E-state index contributed by atoms with van der Waals surface area (Å²) in [4.78, 5) is 13.9. The van der Waals surface area contributed by atoms with Crippen molar-refractivity contribution in [2.45, 2.75) is 0 Å². The normalized spacial score (nSPS) is 9.95. The Morgan fingerprint density at radius 1 is 1.11 bits per heavy atom. The Kier molecular flexibility index (Phi) is 5.95.